The number of alkyl halides is 3. The molecule has 2 aromatic rings. The molecule has 2 aliphatic rings. The van der Waals surface area contributed by atoms with Crippen LogP contribution >= 0.6 is 0 Å². The van der Waals surface area contributed by atoms with Gasteiger partial charge in [0, 0.05) is 24.9 Å². The quantitative estimate of drug-likeness (QED) is 0.766. The zero-order valence-corrected chi connectivity index (χ0v) is 15.5. The van der Waals surface area contributed by atoms with E-state index in [9.17, 15) is 18.4 Å². The molecule has 28 heavy (non-hydrogen) atoms. The van der Waals surface area contributed by atoms with Crippen molar-refractivity contribution < 1.29 is 13.2 Å². The summed E-state index contributed by atoms with van der Waals surface area (Å²) in [5.74, 6) is 0.134. The molecule has 2 aromatic heterocycles. The largest absolute Gasteiger partial charge is 0.421 e. The van der Waals surface area contributed by atoms with Gasteiger partial charge in [0.05, 0.1) is 28.9 Å². The van der Waals surface area contributed by atoms with Crippen molar-refractivity contribution in [1.29, 1.82) is 5.26 Å². The minimum atomic E-state index is -4.53. The third-order valence-corrected chi connectivity index (χ3v) is 5.18. The maximum Gasteiger partial charge on any atom is 0.421 e. The highest BCUT2D eigenvalue weighted by atomic mass is 19.4. The second-order valence-corrected chi connectivity index (χ2v) is 7.54. The molecule has 0 amide bonds. The van der Waals surface area contributed by atoms with E-state index in [2.05, 4.69) is 31.8 Å². The number of nitriles is 1. The SMILES string of the molecule is CCNc1nc(Nc2cn([C@@H]3C[C@]3(C)C#N)nc2C2CC2)ncc1C(F)(F)F. The fraction of sp³-hybridized carbons (Fsp3) is 0.556. The summed E-state index contributed by atoms with van der Waals surface area (Å²) in [6, 6.07) is 2.32. The molecule has 4 rings (SSSR count). The van der Waals surface area contributed by atoms with Crippen LogP contribution in [0.25, 0.3) is 0 Å². The topological polar surface area (TPSA) is 91.5 Å². The highest BCUT2D eigenvalue weighted by Gasteiger charge is 2.53. The second-order valence-electron chi connectivity index (χ2n) is 7.54. The molecule has 2 saturated carbocycles. The summed E-state index contributed by atoms with van der Waals surface area (Å²) in [6.45, 7) is 3.90. The lowest BCUT2D eigenvalue weighted by molar-refractivity contribution is -0.137. The Morgan fingerprint density at radius 3 is 2.71 bits per heavy atom. The van der Waals surface area contributed by atoms with Gasteiger partial charge < -0.3 is 10.6 Å². The van der Waals surface area contributed by atoms with Crippen LogP contribution in [-0.2, 0) is 6.18 Å². The van der Waals surface area contributed by atoms with Crippen molar-refractivity contribution >= 4 is 17.5 Å². The van der Waals surface area contributed by atoms with Gasteiger partial charge in [-0.3, -0.25) is 4.68 Å². The van der Waals surface area contributed by atoms with Crippen LogP contribution in [0.1, 0.15) is 56.3 Å². The van der Waals surface area contributed by atoms with Gasteiger partial charge in [-0.15, -0.1) is 0 Å². The molecule has 2 N–H and O–H groups in total. The molecule has 0 unspecified atom stereocenters. The maximum atomic E-state index is 13.1. The Kier molecular flexibility index (Phi) is 4.21. The van der Waals surface area contributed by atoms with Gasteiger partial charge in [0.25, 0.3) is 0 Å². The summed E-state index contributed by atoms with van der Waals surface area (Å²) < 4.78 is 41.2. The van der Waals surface area contributed by atoms with Crippen LogP contribution in [0.2, 0.25) is 0 Å². The van der Waals surface area contributed by atoms with Gasteiger partial charge in [-0.1, -0.05) is 0 Å². The molecule has 0 aliphatic heterocycles. The van der Waals surface area contributed by atoms with Crippen molar-refractivity contribution in [2.75, 3.05) is 17.2 Å². The van der Waals surface area contributed by atoms with E-state index in [4.69, 9.17) is 0 Å². The summed E-state index contributed by atoms with van der Waals surface area (Å²) in [5, 5.41) is 19.6. The first-order valence-electron chi connectivity index (χ1n) is 9.20. The van der Waals surface area contributed by atoms with Gasteiger partial charge in [-0.05, 0) is 33.1 Å². The van der Waals surface area contributed by atoms with Gasteiger partial charge >= 0.3 is 6.18 Å². The molecule has 0 spiro atoms. The van der Waals surface area contributed by atoms with Gasteiger partial charge in [0.15, 0.2) is 0 Å². The molecule has 148 valence electrons. The van der Waals surface area contributed by atoms with Gasteiger partial charge in [-0.25, -0.2) is 4.98 Å². The number of nitrogens with zero attached hydrogens (tertiary/aromatic N) is 5. The molecule has 10 heteroatoms. The Balaban J connectivity index is 1.63. The third-order valence-electron chi connectivity index (χ3n) is 5.18. The van der Waals surface area contributed by atoms with Crippen LogP contribution in [0.5, 0.6) is 0 Å². The molecule has 0 radical (unpaired) electrons. The number of nitrogens with one attached hydrogen (secondary N) is 2. The molecular formula is C18H20F3N7. The Bertz CT molecular complexity index is 942. The van der Waals surface area contributed by atoms with Crippen molar-refractivity contribution in [2.24, 2.45) is 5.41 Å². The van der Waals surface area contributed by atoms with E-state index in [0.29, 0.717) is 18.2 Å². The normalized spacial score (nSPS) is 23.9. The van der Waals surface area contributed by atoms with Crippen molar-refractivity contribution in [2.45, 2.75) is 51.2 Å². The molecule has 2 aliphatic carbocycles. The molecule has 0 aromatic carbocycles. The average Bonchev–Trinajstić information content (AvgIpc) is 3.54. The van der Waals surface area contributed by atoms with E-state index < -0.39 is 17.2 Å². The van der Waals surface area contributed by atoms with E-state index in [0.717, 1.165) is 31.2 Å². The summed E-state index contributed by atoms with van der Waals surface area (Å²) in [7, 11) is 0. The van der Waals surface area contributed by atoms with Crippen molar-refractivity contribution in [3.8, 4) is 6.07 Å². The molecular weight excluding hydrogens is 371 g/mol. The van der Waals surface area contributed by atoms with E-state index in [-0.39, 0.29) is 17.8 Å². The van der Waals surface area contributed by atoms with Crippen molar-refractivity contribution in [3.05, 3.63) is 23.7 Å². The fourth-order valence-corrected chi connectivity index (χ4v) is 3.24. The van der Waals surface area contributed by atoms with Crippen LogP contribution in [0.15, 0.2) is 12.4 Å². The summed E-state index contributed by atoms with van der Waals surface area (Å²) in [5.41, 5.74) is 0.200. The Hall–Kier alpha value is -2.83. The molecule has 2 fully saturated rings. The first-order chi connectivity index (χ1) is 13.2. The number of aromatic nitrogens is 4. The summed E-state index contributed by atoms with van der Waals surface area (Å²) in [4.78, 5) is 7.86. The Morgan fingerprint density at radius 2 is 2.14 bits per heavy atom. The third kappa shape index (κ3) is 3.37. The van der Waals surface area contributed by atoms with Crippen molar-refractivity contribution in [1.82, 2.24) is 19.7 Å². The highest BCUT2D eigenvalue weighted by Crippen LogP contribution is 2.56. The molecule has 7 nitrogen and oxygen atoms in total. The van der Waals surface area contributed by atoms with Crippen LogP contribution in [0, 0.1) is 16.7 Å². The first-order valence-corrected chi connectivity index (χ1v) is 9.20. The minimum Gasteiger partial charge on any atom is -0.370 e. The first kappa shape index (κ1) is 18.5. The zero-order chi connectivity index (χ0) is 20.1. The predicted molar refractivity (Wildman–Crippen MR) is 96.1 cm³/mol. The summed E-state index contributed by atoms with van der Waals surface area (Å²) in [6.07, 6.45) is 0.811. The average molecular weight is 391 g/mol. The smallest absolute Gasteiger partial charge is 0.370 e. The lowest BCUT2D eigenvalue weighted by Crippen LogP contribution is -2.14. The van der Waals surface area contributed by atoms with E-state index in [1.165, 1.54) is 0 Å². The molecule has 2 atom stereocenters. The van der Waals surface area contributed by atoms with E-state index in [1.54, 1.807) is 17.8 Å². The standard InChI is InChI=1S/C18H20F3N7/c1-3-23-15-11(18(19,20)21)7-24-16(26-15)25-12-8-28(13-6-17(13,2)9-22)27-14(12)10-4-5-10/h7-8,10,13H,3-6H2,1-2H3,(H2,23,24,25,26)/t13-,17-/m1/s1. The van der Waals surface area contributed by atoms with Crippen molar-refractivity contribution in [3.63, 3.8) is 0 Å². The lowest BCUT2D eigenvalue weighted by Gasteiger charge is -2.13. The van der Waals surface area contributed by atoms with Gasteiger partial charge in [0.1, 0.15) is 11.4 Å². The second kappa shape index (κ2) is 6.36. The highest BCUT2D eigenvalue weighted by molar-refractivity contribution is 5.59. The molecule has 2 heterocycles. The Labute approximate surface area is 160 Å². The Morgan fingerprint density at radius 1 is 1.39 bits per heavy atom. The summed E-state index contributed by atoms with van der Waals surface area (Å²) >= 11 is 0. The predicted octanol–water partition coefficient (Wildman–Crippen LogP) is 4.22. The lowest BCUT2D eigenvalue weighted by atomic mass is 10.2. The number of halogens is 3. The zero-order valence-electron chi connectivity index (χ0n) is 15.5. The molecule has 0 saturated heterocycles. The minimum absolute atomic E-state index is 0.0105. The van der Waals surface area contributed by atoms with Gasteiger partial charge in [0.2, 0.25) is 5.95 Å². The van der Waals surface area contributed by atoms with Crippen LogP contribution in [-0.4, -0.2) is 26.3 Å². The number of hydrogen-bond donors (Lipinski definition) is 2. The van der Waals surface area contributed by atoms with Gasteiger partial charge in [-0.2, -0.15) is 28.5 Å². The fourth-order valence-electron chi connectivity index (χ4n) is 3.24. The number of rotatable bonds is 6. The maximum absolute atomic E-state index is 13.1. The van der Waals surface area contributed by atoms with E-state index in [1.807, 2.05) is 6.92 Å². The van der Waals surface area contributed by atoms with Crippen LogP contribution < -0.4 is 10.6 Å². The van der Waals surface area contributed by atoms with E-state index >= 15 is 0 Å². The monoisotopic (exact) mass is 391 g/mol. The molecule has 0 bridgehead atoms. The number of hydrogen-bond acceptors (Lipinski definition) is 6. The van der Waals surface area contributed by atoms with Crippen LogP contribution in [0.3, 0.4) is 0 Å². The van der Waals surface area contributed by atoms with Crippen LogP contribution in [0.4, 0.5) is 30.6 Å². The number of anilines is 3.